The quantitative estimate of drug-likeness (QED) is 0.900. The minimum Gasteiger partial charge on any atom is -0.406 e. The fraction of sp³-hybridized carbons (Fsp3) is 0.533. The Balaban J connectivity index is 2.35. The molecule has 0 bridgehead atoms. The SMILES string of the molecule is CNC(=O)[C@]1(c2ccc(OC(F)(F)F)cc2)CCCC[C@@H]1O. The van der Waals surface area contributed by atoms with Gasteiger partial charge in [-0.25, -0.2) is 0 Å². The summed E-state index contributed by atoms with van der Waals surface area (Å²) in [6, 6.07) is 5.14. The number of benzene rings is 1. The number of amides is 1. The first-order valence-electron chi connectivity index (χ1n) is 7.06. The van der Waals surface area contributed by atoms with Crippen molar-refractivity contribution in [2.45, 2.75) is 43.6 Å². The minimum atomic E-state index is -4.76. The lowest BCUT2D eigenvalue weighted by molar-refractivity contribution is -0.274. The normalized spacial score (nSPS) is 25.6. The Morgan fingerprint density at radius 3 is 2.45 bits per heavy atom. The molecule has 2 N–H and O–H groups in total. The number of rotatable bonds is 3. The van der Waals surface area contributed by atoms with Crippen LogP contribution >= 0.6 is 0 Å². The van der Waals surface area contributed by atoms with Crippen LogP contribution in [0.3, 0.4) is 0 Å². The van der Waals surface area contributed by atoms with E-state index in [1.807, 2.05) is 0 Å². The van der Waals surface area contributed by atoms with E-state index in [2.05, 4.69) is 10.1 Å². The average molecular weight is 317 g/mol. The van der Waals surface area contributed by atoms with E-state index in [4.69, 9.17) is 0 Å². The summed E-state index contributed by atoms with van der Waals surface area (Å²) >= 11 is 0. The van der Waals surface area contributed by atoms with Crippen molar-refractivity contribution >= 4 is 5.91 Å². The third-order valence-corrected chi connectivity index (χ3v) is 4.10. The van der Waals surface area contributed by atoms with Crippen molar-refractivity contribution in [2.24, 2.45) is 0 Å². The van der Waals surface area contributed by atoms with Crippen LogP contribution in [-0.2, 0) is 10.2 Å². The van der Waals surface area contributed by atoms with Crippen molar-refractivity contribution in [3.8, 4) is 5.75 Å². The first-order valence-corrected chi connectivity index (χ1v) is 7.06. The molecule has 1 aliphatic rings. The topological polar surface area (TPSA) is 58.6 Å². The molecule has 4 nitrogen and oxygen atoms in total. The summed E-state index contributed by atoms with van der Waals surface area (Å²) in [4.78, 5) is 12.3. The number of likely N-dealkylation sites (N-methyl/N-ethyl adjacent to an activating group) is 1. The number of hydrogen-bond donors (Lipinski definition) is 2. The van der Waals surface area contributed by atoms with Crippen LogP contribution in [-0.4, -0.2) is 30.5 Å². The Labute approximate surface area is 126 Å². The number of nitrogens with one attached hydrogen (secondary N) is 1. The van der Waals surface area contributed by atoms with Crippen LogP contribution in [0.4, 0.5) is 13.2 Å². The number of carbonyl (C=O) groups is 1. The molecule has 1 aliphatic carbocycles. The van der Waals surface area contributed by atoms with Crippen LogP contribution in [0.2, 0.25) is 0 Å². The van der Waals surface area contributed by atoms with Crippen molar-refractivity contribution in [1.82, 2.24) is 5.32 Å². The molecule has 1 saturated carbocycles. The van der Waals surface area contributed by atoms with Gasteiger partial charge in [0.05, 0.1) is 11.5 Å². The molecule has 1 aromatic carbocycles. The molecule has 0 radical (unpaired) electrons. The standard InChI is InChI=1S/C15H18F3NO3/c1-19-13(21)14(9-3-2-4-12(14)20)10-5-7-11(8-6-10)22-15(16,17)18/h5-8,12,20H,2-4,9H2,1H3,(H,19,21)/t12-,14-/m0/s1. The number of aliphatic hydroxyl groups is 1. The van der Waals surface area contributed by atoms with E-state index in [-0.39, 0.29) is 11.7 Å². The summed E-state index contributed by atoms with van der Waals surface area (Å²) in [6.07, 6.45) is -3.11. The van der Waals surface area contributed by atoms with E-state index in [0.29, 0.717) is 18.4 Å². The van der Waals surface area contributed by atoms with Crippen LogP contribution in [0.1, 0.15) is 31.2 Å². The Kier molecular flexibility index (Phi) is 4.65. The van der Waals surface area contributed by atoms with Crippen LogP contribution < -0.4 is 10.1 Å². The van der Waals surface area contributed by atoms with Gasteiger partial charge >= 0.3 is 6.36 Å². The maximum atomic E-state index is 12.3. The van der Waals surface area contributed by atoms with Gasteiger partial charge in [-0.1, -0.05) is 25.0 Å². The van der Waals surface area contributed by atoms with E-state index >= 15 is 0 Å². The van der Waals surface area contributed by atoms with Crippen molar-refractivity contribution < 1.29 is 27.8 Å². The van der Waals surface area contributed by atoms with Gasteiger partial charge in [0.2, 0.25) is 5.91 Å². The van der Waals surface area contributed by atoms with Gasteiger partial charge in [0.15, 0.2) is 0 Å². The highest BCUT2D eigenvalue weighted by atomic mass is 19.4. The highest BCUT2D eigenvalue weighted by Gasteiger charge is 2.47. The van der Waals surface area contributed by atoms with E-state index in [0.717, 1.165) is 25.0 Å². The maximum absolute atomic E-state index is 12.3. The van der Waals surface area contributed by atoms with Crippen LogP contribution in [0.25, 0.3) is 0 Å². The number of aliphatic hydroxyl groups excluding tert-OH is 1. The van der Waals surface area contributed by atoms with Gasteiger partial charge in [0.25, 0.3) is 0 Å². The largest absolute Gasteiger partial charge is 0.573 e. The second kappa shape index (κ2) is 6.16. The van der Waals surface area contributed by atoms with Gasteiger partial charge in [0, 0.05) is 7.05 Å². The molecule has 2 rings (SSSR count). The van der Waals surface area contributed by atoms with Crippen molar-refractivity contribution in [3.05, 3.63) is 29.8 Å². The molecule has 1 amide bonds. The first-order chi connectivity index (χ1) is 10.3. The summed E-state index contributed by atoms with van der Waals surface area (Å²) < 4.78 is 40.4. The van der Waals surface area contributed by atoms with E-state index in [9.17, 15) is 23.1 Å². The van der Waals surface area contributed by atoms with Crippen LogP contribution in [0, 0.1) is 0 Å². The average Bonchev–Trinajstić information content (AvgIpc) is 2.46. The molecule has 7 heteroatoms. The fourth-order valence-corrected chi connectivity index (χ4v) is 3.06. The molecule has 0 unspecified atom stereocenters. The Hall–Kier alpha value is -1.76. The van der Waals surface area contributed by atoms with Gasteiger partial charge in [-0.15, -0.1) is 13.2 Å². The second-order valence-corrected chi connectivity index (χ2v) is 5.38. The second-order valence-electron chi connectivity index (χ2n) is 5.38. The lowest BCUT2D eigenvalue weighted by atomic mass is 9.66. The fourth-order valence-electron chi connectivity index (χ4n) is 3.06. The Morgan fingerprint density at radius 2 is 1.95 bits per heavy atom. The van der Waals surface area contributed by atoms with Crippen molar-refractivity contribution in [1.29, 1.82) is 0 Å². The minimum absolute atomic E-state index is 0.329. The zero-order valence-electron chi connectivity index (χ0n) is 12.1. The molecule has 2 atom stereocenters. The Morgan fingerprint density at radius 1 is 1.32 bits per heavy atom. The number of halogens is 3. The number of hydrogen-bond acceptors (Lipinski definition) is 3. The zero-order valence-corrected chi connectivity index (χ0v) is 12.1. The summed E-state index contributed by atoms with van der Waals surface area (Å²) in [7, 11) is 1.48. The lowest BCUT2D eigenvalue weighted by Gasteiger charge is -2.40. The van der Waals surface area contributed by atoms with Gasteiger partial charge in [-0.2, -0.15) is 0 Å². The molecule has 22 heavy (non-hydrogen) atoms. The molecule has 0 spiro atoms. The first kappa shape index (κ1) is 16.6. The van der Waals surface area contributed by atoms with Gasteiger partial charge < -0.3 is 15.2 Å². The molecule has 1 fully saturated rings. The highest BCUT2D eigenvalue weighted by Crippen LogP contribution is 2.40. The number of carbonyl (C=O) groups excluding carboxylic acids is 1. The Bertz CT molecular complexity index is 530. The molecule has 122 valence electrons. The number of alkyl halides is 3. The molecule has 0 saturated heterocycles. The van der Waals surface area contributed by atoms with Gasteiger partial charge in [-0.3, -0.25) is 4.79 Å². The smallest absolute Gasteiger partial charge is 0.406 e. The van der Waals surface area contributed by atoms with Crippen LogP contribution in [0.5, 0.6) is 5.75 Å². The monoisotopic (exact) mass is 317 g/mol. The predicted molar refractivity (Wildman–Crippen MR) is 73.3 cm³/mol. The molecule has 0 aliphatic heterocycles. The highest BCUT2D eigenvalue weighted by molar-refractivity contribution is 5.89. The number of ether oxygens (including phenoxy) is 1. The van der Waals surface area contributed by atoms with Crippen LogP contribution in [0.15, 0.2) is 24.3 Å². The van der Waals surface area contributed by atoms with Crippen molar-refractivity contribution in [3.63, 3.8) is 0 Å². The summed E-state index contributed by atoms with van der Waals surface area (Å²) in [5.41, 5.74) is -0.627. The molecule has 1 aromatic rings. The molecule has 0 aromatic heterocycles. The maximum Gasteiger partial charge on any atom is 0.573 e. The third kappa shape index (κ3) is 3.19. The van der Waals surface area contributed by atoms with Crippen molar-refractivity contribution in [2.75, 3.05) is 7.05 Å². The third-order valence-electron chi connectivity index (χ3n) is 4.10. The van der Waals surface area contributed by atoms with Gasteiger partial charge in [-0.05, 0) is 30.5 Å². The molecular formula is C15H18F3NO3. The van der Waals surface area contributed by atoms with E-state index in [1.165, 1.54) is 19.2 Å². The summed E-state index contributed by atoms with van der Waals surface area (Å²) in [6.45, 7) is 0. The zero-order chi connectivity index (χ0) is 16.4. The molecular weight excluding hydrogens is 299 g/mol. The van der Waals surface area contributed by atoms with E-state index < -0.39 is 17.9 Å². The lowest BCUT2D eigenvalue weighted by Crippen LogP contribution is -2.53. The van der Waals surface area contributed by atoms with Gasteiger partial charge in [0.1, 0.15) is 5.75 Å². The summed E-state index contributed by atoms with van der Waals surface area (Å²) in [5.74, 6) is -0.683. The predicted octanol–water partition coefficient (Wildman–Crippen LogP) is 2.50. The summed E-state index contributed by atoms with van der Waals surface area (Å²) in [5, 5.41) is 12.9. The molecule has 0 heterocycles. The van der Waals surface area contributed by atoms with E-state index in [1.54, 1.807) is 0 Å².